The SMILES string of the molecule is Fc1ccc(CN2CCC3(CC2)CC(NC2C[C@H]2c2ccccc2)CO3)cc1. The third kappa shape index (κ3) is 4.00. The predicted molar refractivity (Wildman–Crippen MR) is 109 cm³/mol. The second-order valence-electron chi connectivity index (χ2n) is 8.82. The average molecular weight is 381 g/mol. The van der Waals surface area contributed by atoms with Crippen molar-refractivity contribution in [3.63, 3.8) is 0 Å². The molecule has 2 aromatic carbocycles. The summed E-state index contributed by atoms with van der Waals surface area (Å²) in [5, 5.41) is 3.86. The fourth-order valence-electron chi connectivity index (χ4n) is 5.02. The first-order valence-electron chi connectivity index (χ1n) is 10.6. The van der Waals surface area contributed by atoms with E-state index in [9.17, 15) is 4.39 Å². The largest absolute Gasteiger partial charge is 0.373 e. The minimum atomic E-state index is -0.163. The maximum atomic E-state index is 13.1. The van der Waals surface area contributed by atoms with Crippen molar-refractivity contribution in [2.24, 2.45) is 0 Å². The zero-order chi connectivity index (χ0) is 19.0. The third-order valence-electron chi connectivity index (χ3n) is 6.76. The Morgan fingerprint density at radius 3 is 2.54 bits per heavy atom. The molecule has 1 saturated carbocycles. The molecule has 28 heavy (non-hydrogen) atoms. The summed E-state index contributed by atoms with van der Waals surface area (Å²) in [6, 6.07) is 18.9. The molecule has 2 aliphatic heterocycles. The molecule has 1 spiro atoms. The van der Waals surface area contributed by atoms with Crippen LogP contribution >= 0.6 is 0 Å². The summed E-state index contributed by atoms with van der Waals surface area (Å²) in [6.45, 7) is 3.86. The number of rotatable bonds is 5. The molecule has 4 heteroatoms. The van der Waals surface area contributed by atoms with Gasteiger partial charge in [-0.3, -0.25) is 4.90 Å². The lowest BCUT2D eigenvalue weighted by Gasteiger charge is -2.38. The van der Waals surface area contributed by atoms with E-state index in [0.29, 0.717) is 18.0 Å². The molecule has 2 saturated heterocycles. The van der Waals surface area contributed by atoms with E-state index in [1.807, 2.05) is 12.1 Å². The molecule has 1 aliphatic carbocycles. The van der Waals surface area contributed by atoms with E-state index in [1.165, 1.54) is 17.5 Å². The number of hydrogen-bond donors (Lipinski definition) is 1. The minimum Gasteiger partial charge on any atom is -0.373 e. The summed E-state index contributed by atoms with van der Waals surface area (Å²) >= 11 is 0. The lowest BCUT2D eigenvalue weighted by molar-refractivity contribution is -0.0449. The van der Waals surface area contributed by atoms with Crippen molar-refractivity contribution in [2.75, 3.05) is 19.7 Å². The molecular weight excluding hydrogens is 351 g/mol. The number of piperidine rings is 1. The van der Waals surface area contributed by atoms with Gasteiger partial charge in [-0.1, -0.05) is 42.5 Å². The Hall–Kier alpha value is -1.75. The van der Waals surface area contributed by atoms with Gasteiger partial charge < -0.3 is 10.1 Å². The summed E-state index contributed by atoms with van der Waals surface area (Å²) in [7, 11) is 0. The lowest BCUT2D eigenvalue weighted by atomic mass is 9.87. The Bertz CT molecular complexity index is 786. The van der Waals surface area contributed by atoms with Crippen LogP contribution in [-0.4, -0.2) is 42.3 Å². The molecule has 1 N–H and O–H groups in total. The van der Waals surface area contributed by atoms with Gasteiger partial charge in [0, 0.05) is 37.6 Å². The highest BCUT2D eigenvalue weighted by atomic mass is 19.1. The molecule has 0 bridgehead atoms. The standard InChI is InChI=1S/C24H29FN2O/c25-20-8-6-18(7-9-20)16-27-12-10-24(11-13-27)15-21(17-28-24)26-23-14-22(23)19-4-2-1-3-5-19/h1-9,21-23,26H,10-17H2/t21?,22-,23?/m0/s1. The molecule has 2 aromatic rings. The first kappa shape index (κ1) is 18.3. The van der Waals surface area contributed by atoms with Crippen LogP contribution in [0.2, 0.25) is 0 Å². The van der Waals surface area contributed by atoms with Gasteiger partial charge in [0.2, 0.25) is 0 Å². The Labute approximate surface area is 166 Å². The van der Waals surface area contributed by atoms with Crippen molar-refractivity contribution in [1.82, 2.24) is 10.2 Å². The van der Waals surface area contributed by atoms with Crippen molar-refractivity contribution >= 4 is 0 Å². The summed E-state index contributed by atoms with van der Waals surface area (Å²) < 4.78 is 19.4. The van der Waals surface area contributed by atoms with Crippen LogP contribution < -0.4 is 5.32 Å². The van der Waals surface area contributed by atoms with Gasteiger partial charge >= 0.3 is 0 Å². The summed E-state index contributed by atoms with van der Waals surface area (Å²) in [4.78, 5) is 2.47. The van der Waals surface area contributed by atoms with E-state index in [-0.39, 0.29) is 11.4 Å². The second kappa shape index (κ2) is 7.58. The highest BCUT2D eigenvalue weighted by Gasteiger charge is 2.46. The summed E-state index contributed by atoms with van der Waals surface area (Å²) in [5.41, 5.74) is 2.71. The number of likely N-dealkylation sites (tertiary alicyclic amines) is 1. The molecule has 148 valence electrons. The van der Waals surface area contributed by atoms with Crippen LogP contribution in [0.15, 0.2) is 54.6 Å². The predicted octanol–water partition coefficient (Wildman–Crippen LogP) is 4.09. The van der Waals surface area contributed by atoms with Crippen LogP contribution in [0, 0.1) is 5.82 Å². The van der Waals surface area contributed by atoms with E-state index in [1.54, 1.807) is 12.1 Å². The molecule has 0 radical (unpaired) electrons. The zero-order valence-corrected chi connectivity index (χ0v) is 16.3. The van der Waals surface area contributed by atoms with Gasteiger partial charge in [-0.05, 0) is 48.9 Å². The fourth-order valence-corrected chi connectivity index (χ4v) is 5.02. The number of halogens is 1. The molecule has 0 aromatic heterocycles. The highest BCUT2D eigenvalue weighted by molar-refractivity contribution is 5.28. The molecule has 2 heterocycles. The Kier molecular flexibility index (Phi) is 4.95. The van der Waals surface area contributed by atoms with E-state index in [2.05, 4.69) is 40.5 Å². The molecule has 3 aliphatic rings. The van der Waals surface area contributed by atoms with Gasteiger partial charge in [-0.15, -0.1) is 0 Å². The van der Waals surface area contributed by atoms with Crippen LogP contribution in [0.4, 0.5) is 4.39 Å². The first-order chi connectivity index (χ1) is 13.7. The number of hydrogen-bond acceptors (Lipinski definition) is 3. The summed E-state index contributed by atoms with van der Waals surface area (Å²) in [5.74, 6) is 0.514. The third-order valence-corrected chi connectivity index (χ3v) is 6.76. The van der Waals surface area contributed by atoms with Crippen LogP contribution in [-0.2, 0) is 11.3 Å². The average Bonchev–Trinajstić information content (AvgIpc) is 3.39. The van der Waals surface area contributed by atoms with Crippen LogP contribution in [0.25, 0.3) is 0 Å². The molecule has 0 amide bonds. The van der Waals surface area contributed by atoms with Crippen LogP contribution in [0.1, 0.15) is 42.7 Å². The molecule has 3 atom stereocenters. The molecule has 5 rings (SSSR count). The van der Waals surface area contributed by atoms with Crippen molar-refractivity contribution in [1.29, 1.82) is 0 Å². The van der Waals surface area contributed by atoms with Gasteiger partial charge in [0.15, 0.2) is 0 Å². The van der Waals surface area contributed by atoms with E-state index >= 15 is 0 Å². The minimum absolute atomic E-state index is 0.0636. The highest BCUT2D eigenvalue weighted by Crippen LogP contribution is 2.43. The molecule has 3 nitrogen and oxygen atoms in total. The van der Waals surface area contributed by atoms with Gasteiger partial charge in [0.05, 0.1) is 12.2 Å². The van der Waals surface area contributed by atoms with Crippen molar-refractivity contribution in [3.8, 4) is 0 Å². The Morgan fingerprint density at radius 2 is 1.79 bits per heavy atom. The monoisotopic (exact) mass is 380 g/mol. The maximum Gasteiger partial charge on any atom is 0.123 e. The fraction of sp³-hybridized carbons (Fsp3) is 0.500. The van der Waals surface area contributed by atoms with Crippen molar-refractivity contribution in [3.05, 3.63) is 71.5 Å². The van der Waals surface area contributed by atoms with E-state index in [4.69, 9.17) is 4.74 Å². The smallest absolute Gasteiger partial charge is 0.123 e. The topological polar surface area (TPSA) is 24.5 Å². The van der Waals surface area contributed by atoms with Gasteiger partial charge in [0.1, 0.15) is 5.82 Å². The maximum absolute atomic E-state index is 13.1. The van der Waals surface area contributed by atoms with E-state index in [0.717, 1.165) is 45.5 Å². The second-order valence-corrected chi connectivity index (χ2v) is 8.82. The zero-order valence-electron chi connectivity index (χ0n) is 16.3. The molecular formula is C24H29FN2O. The lowest BCUT2D eigenvalue weighted by Crippen LogP contribution is -2.44. The Morgan fingerprint density at radius 1 is 1.04 bits per heavy atom. The molecule has 2 unspecified atom stereocenters. The van der Waals surface area contributed by atoms with Gasteiger partial charge in [0.25, 0.3) is 0 Å². The number of nitrogens with zero attached hydrogens (tertiary/aromatic N) is 1. The molecule has 3 fully saturated rings. The van der Waals surface area contributed by atoms with Gasteiger partial charge in [-0.25, -0.2) is 4.39 Å². The van der Waals surface area contributed by atoms with Crippen LogP contribution in [0.3, 0.4) is 0 Å². The van der Waals surface area contributed by atoms with Crippen molar-refractivity contribution in [2.45, 2.75) is 55.8 Å². The quantitative estimate of drug-likeness (QED) is 0.845. The normalized spacial score (nSPS) is 29.2. The Balaban J connectivity index is 1.09. The van der Waals surface area contributed by atoms with Gasteiger partial charge in [-0.2, -0.15) is 0 Å². The number of ether oxygens (including phenoxy) is 1. The van der Waals surface area contributed by atoms with Crippen LogP contribution in [0.5, 0.6) is 0 Å². The first-order valence-corrected chi connectivity index (χ1v) is 10.6. The summed E-state index contributed by atoms with van der Waals surface area (Å²) in [6.07, 6.45) is 4.58. The number of nitrogens with one attached hydrogen (secondary N) is 1. The van der Waals surface area contributed by atoms with Crippen molar-refractivity contribution < 1.29 is 9.13 Å². The number of benzene rings is 2. The van der Waals surface area contributed by atoms with E-state index < -0.39 is 0 Å².